The minimum absolute atomic E-state index is 0.113. The SMILES string of the molecule is CC(C)Oc1ccc(C=O)cc1CN. The van der Waals surface area contributed by atoms with E-state index in [2.05, 4.69) is 0 Å². The summed E-state index contributed by atoms with van der Waals surface area (Å²) in [4.78, 5) is 10.5. The van der Waals surface area contributed by atoms with Crippen LogP contribution in [0.25, 0.3) is 0 Å². The van der Waals surface area contributed by atoms with E-state index in [-0.39, 0.29) is 6.10 Å². The van der Waals surface area contributed by atoms with Crippen LogP contribution in [0.15, 0.2) is 18.2 Å². The first kappa shape index (κ1) is 10.7. The van der Waals surface area contributed by atoms with Gasteiger partial charge < -0.3 is 10.5 Å². The average molecular weight is 193 g/mol. The second kappa shape index (κ2) is 4.77. The molecule has 3 heteroatoms. The summed E-state index contributed by atoms with van der Waals surface area (Å²) in [5.41, 5.74) is 7.04. The number of carbonyl (C=O) groups excluding carboxylic acids is 1. The highest BCUT2D eigenvalue weighted by Gasteiger charge is 2.05. The van der Waals surface area contributed by atoms with Crippen molar-refractivity contribution >= 4 is 6.29 Å². The lowest BCUT2D eigenvalue weighted by atomic mass is 10.1. The minimum Gasteiger partial charge on any atom is -0.491 e. The first-order valence-electron chi connectivity index (χ1n) is 4.62. The molecule has 0 aliphatic carbocycles. The number of aldehydes is 1. The molecule has 0 atom stereocenters. The van der Waals surface area contributed by atoms with Gasteiger partial charge in [-0.3, -0.25) is 4.79 Å². The Balaban J connectivity index is 2.98. The topological polar surface area (TPSA) is 52.3 Å². The van der Waals surface area contributed by atoms with Crippen LogP contribution in [0, 0.1) is 0 Å². The Hall–Kier alpha value is -1.35. The number of rotatable bonds is 4. The summed E-state index contributed by atoms with van der Waals surface area (Å²) < 4.78 is 5.54. The van der Waals surface area contributed by atoms with Gasteiger partial charge in [-0.15, -0.1) is 0 Å². The second-order valence-electron chi connectivity index (χ2n) is 3.36. The van der Waals surface area contributed by atoms with Gasteiger partial charge in [0.1, 0.15) is 12.0 Å². The molecule has 0 aliphatic rings. The highest BCUT2D eigenvalue weighted by atomic mass is 16.5. The number of nitrogens with two attached hydrogens (primary N) is 1. The lowest BCUT2D eigenvalue weighted by Crippen LogP contribution is -2.09. The van der Waals surface area contributed by atoms with Crippen molar-refractivity contribution in [1.29, 1.82) is 0 Å². The summed E-state index contributed by atoms with van der Waals surface area (Å²) in [6.45, 7) is 4.28. The molecule has 2 N–H and O–H groups in total. The lowest BCUT2D eigenvalue weighted by molar-refractivity contribution is 0.112. The zero-order chi connectivity index (χ0) is 10.6. The summed E-state index contributed by atoms with van der Waals surface area (Å²) in [6.07, 6.45) is 0.917. The Kier molecular flexibility index (Phi) is 3.65. The second-order valence-corrected chi connectivity index (χ2v) is 3.36. The van der Waals surface area contributed by atoms with E-state index < -0.39 is 0 Å². The lowest BCUT2D eigenvalue weighted by Gasteiger charge is -2.13. The molecule has 3 nitrogen and oxygen atoms in total. The van der Waals surface area contributed by atoms with Crippen LogP contribution in [0.5, 0.6) is 5.75 Å². The summed E-state index contributed by atoms with van der Waals surface area (Å²) in [7, 11) is 0. The van der Waals surface area contributed by atoms with Gasteiger partial charge in [0.15, 0.2) is 0 Å². The molecule has 0 saturated carbocycles. The zero-order valence-electron chi connectivity index (χ0n) is 8.49. The summed E-state index contributed by atoms with van der Waals surface area (Å²) >= 11 is 0. The van der Waals surface area contributed by atoms with E-state index in [1.807, 2.05) is 13.8 Å². The molecular formula is C11H15NO2. The summed E-state index contributed by atoms with van der Waals surface area (Å²) in [6, 6.07) is 5.26. The van der Waals surface area contributed by atoms with Gasteiger partial charge in [0.05, 0.1) is 6.10 Å². The van der Waals surface area contributed by atoms with Gasteiger partial charge >= 0.3 is 0 Å². The fourth-order valence-electron chi connectivity index (χ4n) is 1.20. The Morgan fingerprint density at radius 1 is 1.50 bits per heavy atom. The molecule has 1 aromatic carbocycles. The van der Waals surface area contributed by atoms with Gasteiger partial charge in [0, 0.05) is 17.7 Å². The molecule has 0 bridgehead atoms. The van der Waals surface area contributed by atoms with E-state index in [1.165, 1.54) is 0 Å². The third-order valence-electron chi connectivity index (χ3n) is 1.80. The quantitative estimate of drug-likeness (QED) is 0.741. The van der Waals surface area contributed by atoms with Crippen LogP contribution in [0.3, 0.4) is 0 Å². The molecule has 0 amide bonds. The third kappa shape index (κ3) is 2.57. The maximum absolute atomic E-state index is 10.5. The monoisotopic (exact) mass is 193 g/mol. The normalized spacial score (nSPS) is 10.3. The molecule has 1 aromatic rings. The maximum Gasteiger partial charge on any atom is 0.150 e. The van der Waals surface area contributed by atoms with Crippen molar-refractivity contribution in [3.63, 3.8) is 0 Å². The smallest absolute Gasteiger partial charge is 0.150 e. The van der Waals surface area contributed by atoms with Crippen LogP contribution in [0.2, 0.25) is 0 Å². The molecule has 14 heavy (non-hydrogen) atoms. The predicted molar refractivity (Wildman–Crippen MR) is 55.5 cm³/mol. The Labute approximate surface area is 83.9 Å². The molecule has 0 spiro atoms. The van der Waals surface area contributed by atoms with Gasteiger partial charge in [-0.05, 0) is 32.0 Å². The number of hydrogen-bond acceptors (Lipinski definition) is 3. The van der Waals surface area contributed by atoms with Gasteiger partial charge in [-0.1, -0.05) is 0 Å². The van der Waals surface area contributed by atoms with E-state index in [1.54, 1.807) is 18.2 Å². The van der Waals surface area contributed by atoms with Crippen molar-refractivity contribution in [2.75, 3.05) is 0 Å². The van der Waals surface area contributed by atoms with Crippen LogP contribution in [-0.2, 0) is 6.54 Å². The summed E-state index contributed by atoms with van der Waals surface area (Å²) in [5, 5.41) is 0. The fourth-order valence-corrected chi connectivity index (χ4v) is 1.20. The van der Waals surface area contributed by atoms with Crippen molar-refractivity contribution in [2.24, 2.45) is 5.73 Å². The largest absolute Gasteiger partial charge is 0.491 e. The standard InChI is InChI=1S/C11H15NO2/c1-8(2)14-11-4-3-9(7-13)5-10(11)6-12/h3-5,7-8H,6,12H2,1-2H3. The highest BCUT2D eigenvalue weighted by Crippen LogP contribution is 2.20. The molecule has 0 heterocycles. The van der Waals surface area contributed by atoms with Crippen LogP contribution < -0.4 is 10.5 Å². The maximum atomic E-state index is 10.5. The van der Waals surface area contributed by atoms with Crippen LogP contribution in [0.4, 0.5) is 0 Å². The predicted octanol–water partition coefficient (Wildman–Crippen LogP) is 1.75. The number of hydrogen-bond donors (Lipinski definition) is 1. The minimum atomic E-state index is 0.113. The molecule has 0 unspecified atom stereocenters. The van der Waals surface area contributed by atoms with Crippen molar-refractivity contribution < 1.29 is 9.53 Å². The Morgan fingerprint density at radius 2 is 2.21 bits per heavy atom. The average Bonchev–Trinajstić information content (AvgIpc) is 2.17. The van der Waals surface area contributed by atoms with Crippen molar-refractivity contribution in [2.45, 2.75) is 26.5 Å². The van der Waals surface area contributed by atoms with E-state index in [0.29, 0.717) is 12.1 Å². The first-order valence-corrected chi connectivity index (χ1v) is 4.62. The number of benzene rings is 1. The molecule has 76 valence electrons. The van der Waals surface area contributed by atoms with Crippen molar-refractivity contribution in [3.8, 4) is 5.75 Å². The molecular weight excluding hydrogens is 178 g/mol. The van der Waals surface area contributed by atoms with E-state index in [4.69, 9.17) is 10.5 Å². The van der Waals surface area contributed by atoms with Gasteiger partial charge in [-0.25, -0.2) is 0 Å². The highest BCUT2D eigenvalue weighted by molar-refractivity contribution is 5.75. The third-order valence-corrected chi connectivity index (χ3v) is 1.80. The van der Waals surface area contributed by atoms with Crippen LogP contribution in [-0.4, -0.2) is 12.4 Å². The molecule has 0 fully saturated rings. The fraction of sp³-hybridized carbons (Fsp3) is 0.364. The van der Waals surface area contributed by atoms with Gasteiger partial charge in [0.25, 0.3) is 0 Å². The van der Waals surface area contributed by atoms with Crippen molar-refractivity contribution in [3.05, 3.63) is 29.3 Å². The molecule has 0 radical (unpaired) electrons. The van der Waals surface area contributed by atoms with E-state index >= 15 is 0 Å². The number of ether oxygens (including phenoxy) is 1. The van der Waals surface area contributed by atoms with Crippen LogP contribution in [0.1, 0.15) is 29.8 Å². The van der Waals surface area contributed by atoms with Crippen LogP contribution >= 0.6 is 0 Å². The van der Waals surface area contributed by atoms with Gasteiger partial charge in [-0.2, -0.15) is 0 Å². The number of carbonyl (C=O) groups is 1. The molecule has 1 rings (SSSR count). The van der Waals surface area contributed by atoms with Gasteiger partial charge in [0.2, 0.25) is 0 Å². The summed E-state index contributed by atoms with van der Waals surface area (Å²) in [5.74, 6) is 0.758. The molecule has 0 aliphatic heterocycles. The van der Waals surface area contributed by atoms with E-state index in [0.717, 1.165) is 17.6 Å². The van der Waals surface area contributed by atoms with E-state index in [9.17, 15) is 4.79 Å². The zero-order valence-corrected chi connectivity index (χ0v) is 8.49. The first-order chi connectivity index (χ1) is 6.67. The Morgan fingerprint density at radius 3 is 2.71 bits per heavy atom. The molecule has 0 aromatic heterocycles. The van der Waals surface area contributed by atoms with Crippen molar-refractivity contribution in [1.82, 2.24) is 0 Å². The Bertz CT molecular complexity index is 321. The molecule has 0 saturated heterocycles.